The van der Waals surface area contributed by atoms with E-state index in [0.29, 0.717) is 24.1 Å². The average molecular weight is 298 g/mol. The molecule has 17 heavy (non-hydrogen) atoms. The zero-order valence-corrected chi connectivity index (χ0v) is 11.3. The van der Waals surface area contributed by atoms with Crippen molar-refractivity contribution >= 4 is 21.8 Å². The average Bonchev–Trinajstić information content (AvgIpc) is 2.72. The molecular formula is C12H16BrN3O. The normalized spacial score (nSPS) is 23.6. The molecule has 1 heterocycles. The first-order valence-electron chi connectivity index (χ1n) is 5.69. The molecule has 2 atom stereocenters. The fourth-order valence-electron chi connectivity index (χ4n) is 1.85. The first-order chi connectivity index (χ1) is 8.16. The van der Waals surface area contributed by atoms with Gasteiger partial charge in [-0.2, -0.15) is 0 Å². The summed E-state index contributed by atoms with van der Waals surface area (Å²) in [4.78, 5) is 11.9. The Hall–Kier alpha value is -0.910. The van der Waals surface area contributed by atoms with E-state index in [1.54, 1.807) is 0 Å². The molecule has 1 aromatic rings. The van der Waals surface area contributed by atoms with Crippen molar-refractivity contribution in [2.24, 2.45) is 5.92 Å². The molecule has 3 N–H and O–H groups in total. The minimum Gasteiger partial charge on any atom is -0.352 e. The SMILES string of the molecule is CC1NNCC1CNC(=O)c1cccc(Br)c1. The van der Waals surface area contributed by atoms with Gasteiger partial charge in [-0.05, 0) is 25.1 Å². The Morgan fingerprint density at radius 3 is 3.06 bits per heavy atom. The quantitative estimate of drug-likeness (QED) is 0.788. The minimum atomic E-state index is -0.0228. The molecule has 1 fully saturated rings. The Labute approximate surface area is 109 Å². The van der Waals surface area contributed by atoms with Crippen LogP contribution in [0.4, 0.5) is 0 Å². The van der Waals surface area contributed by atoms with Crippen LogP contribution in [0.2, 0.25) is 0 Å². The molecule has 0 saturated carbocycles. The van der Waals surface area contributed by atoms with Crippen LogP contribution in [0, 0.1) is 5.92 Å². The van der Waals surface area contributed by atoms with Crippen LogP contribution in [0.5, 0.6) is 0 Å². The second-order valence-electron chi connectivity index (χ2n) is 4.29. The monoisotopic (exact) mass is 297 g/mol. The molecule has 0 aliphatic carbocycles. The molecule has 92 valence electrons. The summed E-state index contributed by atoms with van der Waals surface area (Å²) < 4.78 is 0.919. The Bertz CT molecular complexity index is 410. The van der Waals surface area contributed by atoms with Gasteiger partial charge >= 0.3 is 0 Å². The van der Waals surface area contributed by atoms with Crippen LogP contribution in [0.25, 0.3) is 0 Å². The number of amides is 1. The maximum absolute atomic E-state index is 11.9. The summed E-state index contributed by atoms with van der Waals surface area (Å²) >= 11 is 3.36. The van der Waals surface area contributed by atoms with E-state index in [-0.39, 0.29) is 5.91 Å². The molecule has 1 saturated heterocycles. The molecule has 0 spiro atoms. The summed E-state index contributed by atoms with van der Waals surface area (Å²) in [6.45, 7) is 3.68. The van der Waals surface area contributed by atoms with Crippen molar-refractivity contribution in [2.45, 2.75) is 13.0 Å². The van der Waals surface area contributed by atoms with Crippen LogP contribution in [-0.4, -0.2) is 25.0 Å². The van der Waals surface area contributed by atoms with E-state index in [2.05, 4.69) is 39.0 Å². The van der Waals surface area contributed by atoms with Crippen LogP contribution in [0.15, 0.2) is 28.7 Å². The molecule has 5 heteroatoms. The number of carbonyl (C=O) groups is 1. The fourth-order valence-corrected chi connectivity index (χ4v) is 2.25. The van der Waals surface area contributed by atoms with Gasteiger partial charge in [0.1, 0.15) is 0 Å². The van der Waals surface area contributed by atoms with Gasteiger partial charge in [0.2, 0.25) is 0 Å². The van der Waals surface area contributed by atoms with Crippen molar-refractivity contribution in [1.29, 1.82) is 0 Å². The number of hydrogen-bond donors (Lipinski definition) is 3. The second-order valence-corrected chi connectivity index (χ2v) is 5.21. The van der Waals surface area contributed by atoms with Crippen LogP contribution >= 0.6 is 15.9 Å². The van der Waals surface area contributed by atoms with Crippen LogP contribution in [-0.2, 0) is 0 Å². The topological polar surface area (TPSA) is 53.2 Å². The first-order valence-corrected chi connectivity index (χ1v) is 6.48. The Kier molecular flexibility index (Phi) is 4.15. The fraction of sp³-hybridized carbons (Fsp3) is 0.417. The predicted molar refractivity (Wildman–Crippen MR) is 70.6 cm³/mol. The van der Waals surface area contributed by atoms with Crippen molar-refractivity contribution in [3.8, 4) is 0 Å². The Morgan fingerprint density at radius 1 is 1.59 bits per heavy atom. The van der Waals surface area contributed by atoms with E-state index in [1.807, 2.05) is 24.3 Å². The third-order valence-electron chi connectivity index (χ3n) is 3.01. The first kappa shape index (κ1) is 12.5. The summed E-state index contributed by atoms with van der Waals surface area (Å²) in [7, 11) is 0. The molecule has 0 bridgehead atoms. The van der Waals surface area contributed by atoms with E-state index >= 15 is 0 Å². The number of rotatable bonds is 3. The van der Waals surface area contributed by atoms with Crippen LogP contribution in [0.1, 0.15) is 17.3 Å². The van der Waals surface area contributed by atoms with Gasteiger partial charge in [-0.3, -0.25) is 15.6 Å². The van der Waals surface area contributed by atoms with E-state index < -0.39 is 0 Å². The maximum atomic E-state index is 11.9. The zero-order valence-electron chi connectivity index (χ0n) is 9.66. The molecule has 1 aliphatic heterocycles. The van der Waals surface area contributed by atoms with Gasteiger partial charge in [0.15, 0.2) is 0 Å². The van der Waals surface area contributed by atoms with Gasteiger partial charge in [-0.25, -0.2) is 0 Å². The van der Waals surface area contributed by atoms with Gasteiger partial charge in [-0.1, -0.05) is 22.0 Å². The molecule has 2 rings (SSSR count). The standard InChI is InChI=1S/C12H16BrN3O/c1-8-10(7-15-16-8)6-14-12(17)9-3-2-4-11(13)5-9/h2-5,8,10,15-16H,6-7H2,1H3,(H,14,17). The summed E-state index contributed by atoms with van der Waals surface area (Å²) in [5.74, 6) is 0.413. The van der Waals surface area contributed by atoms with E-state index in [1.165, 1.54) is 0 Å². The summed E-state index contributed by atoms with van der Waals surface area (Å²) in [5.41, 5.74) is 6.91. The van der Waals surface area contributed by atoms with Gasteiger partial charge in [0, 0.05) is 35.1 Å². The lowest BCUT2D eigenvalue weighted by molar-refractivity contribution is 0.0947. The van der Waals surface area contributed by atoms with Crippen molar-refractivity contribution in [1.82, 2.24) is 16.2 Å². The van der Waals surface area contributed by atoms with E-state index in [0.717, 1.165) is 11.0 Å². The van der Waals surface area contributed by atoms with Crippen molar-refractivity contribution in [3.05, 3.63) is 34.3 Å². The number of halogens is 1. The highest BCUT2D eigenvalue weighted by Gasteiger charge is 2.22. The lowest BCUT2D eigenvalue weighted by Gasteiger charge is -2.14. The maximum Gasteiger partial charge on any atom is 0.251 e. The van der Waals surface area contributed by atoms with Crippen LogP contribution in [0.3, 0.4) is 0 Å². The summed E-state index contributed by atoms with van der Waals surface area (Å²) in [6.07, 6.45) is 0. The lowest BCUT2D eigenvalue weighted by Crippen LogP contribution is -2.35. The lowest BCUT2D eigenvalue weighted by atomic mass is 10.0. The van der Waals surface area contributed by atoms with Crippen LogP contribution < -0.4 is 16.2 Å². The van der Waals surface area contributed by atoms with Crippen molar-refractivity contribution < 1.29 is 4.79 Å². The van der Waals surface area contributed by atoms with E-state index in [4.69, 9.17) is 0 Å². The largest absolute Gasteiger partial charge is 0.352 e. The minimum absolute atomic E-state index is 0.0228. The predicted octanol–water partition coefficient (Wildman–Crippen LogP) is 1.29. The summed E-state index contributed by atoms with van der Waals surface area (Å²) in [6, 6.07) is 7.79. The molecule has 1 aromatic carbocycles. The second kappa shape index (κ2) is 5.62. The van der Waals surface area contributed by atoms with Crippen molar-refractivity contribution in [2.75, 3.05) is 13.1 Å². The van der Waals surface area contributed by atoms with E-state index in [9.17, 15) is 4.79 Å². The number of benzene rings is 1. The third kappa shape index (κ3) is 3.28. The molecule has 0 aromatic heterocycles. The molecule has 0 radical (unpaired) electrons. The zero-order chi connectivity index (χ0) is 12.3. The molecule has 1 aliphatic rings. The van der Waals surface area contributed by atoms with Gasteiger partial charge in [-0.15, -0.1) is 0 Å². The summed E-state index contributed by atoms with van der Waals surface area (Å²) in [5, 5.41) is 2.96. The number of hydrazine groups is 1. The molecule has 1 amide bonds. The molecular weight excluding hydrogens is 282 g/mol. The number of nitrogens with one attached hydrogen (secondary N) is 3. The number of hydrogen-bond acceptors (Lipinski definition) is 3. The van der Waals surface area contributed by atoms with Gasteiger partial charge < -0.3 is 5.32 Å². The third-order valence-corrected chi connectivity index (χ3v) is 3.51. The number of carbonyl (C=O) groups excluding carboxylic acids is 1. The van der Waals surface area contributed by atoms with Crippen molar-refractivity contribution in [3.63, 3.8) is 0 Å². The van der Waals surface area contributed by atoms with Gasteiger partial charge in [0.25, 0.3) is 5.91 Å². The highest BCUT2D eigenvalue weighted by Crippen LogP contribution is 2.12. The highest BCUT2D eigenvalue weighted by atomic mass is 79.9. The Balaban J connectivity index is 1.89. The van der Waals surface area contributed by atoms with Gasteiger partial charge in [0.05, 0.1) is 0 Å². The smallest absolute Gasteiger partial charge is 0.251 e. The highest BCUT2D eigenvalue weighted by molar-refractivity contribution is 9.10. The Morgan fingerprint density at radius 2 is 2.41 bits per heavy atom. The molecule has 4 nitrogen and oxygen atoms in total. The molecule has 2 unspecified atom stereocenters.